The second kappa shape index (κ2) is 11.4. The smallest absolute Gasteiger partial charge is 0.416 e. The average molecular weight is 526 g/mol. The molecule has 2 aliphatic rings. The molecule has 0 saturated carbocycles. The van der Waals surface area contributed by atoms with Crippen molar-refractivity contribution in [2.75, 3.05) is 26.2 Å². The van der Waals surface area contributed by atoms with E-state index in [9.17, 15) is 9.59 Å². The van der Waals surface area contributed by atoms with Crippen molar-refractivity contribution in [1.82, 2.24) is 14.8 Å². The average Bonchev–Trinajstić information content (AvgIpc) is 3.44. The number of aliphatic imine (C=N–C) groups is 2. The monoisotopic (exact) mass is 525 g/mol. The highest BCUT2D eigenvalue weighted by molar-refractivity contribution is 6.09. The number of carbonyl (C=O) groups excluding carboxylic acids is 2. The van der Waals surface area contributed by atoms with Gasteiger partial charge in [0, 0.05) is 9.82 Å². The lowest BCUT2D eigenvalue weighted by Crippen LogP contribution is -2.41. The van der Waals surface area contributed by atoms with Crippen molar-refractivity contribution in [2.24, 2.45) is 20.2 Å². The standard InChI is InChI=1S/C23H31N11O4/c1-22(2,3)37-20(35)33-12-14(10-26-31-24)28-18(33)16-8-7-9-17(30-16)19-29-15(11-27-32-25)13-34(19)21(36)38-23(4,5)6/h7-9,14-15H,10-13H2,1-6H3/t14-,15-/m0/s1. The predicted molar refractivity (Wildman–Crippen MR) is 139 cm³/mol. The van der Waals surface area contributed by atoms with Crippen molar-refractivity contribution < 1.29 is 19.1 Å². The van der Waals surface area contributed by atoms with Crippen LogP contribution in [0.1, 0.15) is 52.9 Å². The van der Waals surface area contributed by atoms with Gasteiger partial charge in [0.25, 0.3) is 0 Å². The molecule has 2 atom stereocenters. The minimum absolute atomic E-state index is 0.0548. The molecule has 0 aliphatic carbocycles. The fraction of sp³-hybridized carbons (Fsp3) is 0.609. The Morgan fingerprint density at radius 3 is 1.61 bits per heavy atom. The lowest BCUT2D eigenvalue weighted by Gasteiger charge is -2.26. The maximum atomic E-state index is 13.0. The topological polar surface area (TPSA) is 194 Å². The first-order valence-corrected chi connectivity index (χ1v) is 12.0. The van der Waals surface area contributed by atoms with Crippen molar-refractivity contribution >= 4 is 23.9 Å². The lowest BCUT2D eigenvalue weighted by molar-refractivity contribution is 0.0367. The van der Waals surface area contributed by atoms with Crippen LogP contribution in [0.4, 0.5) is 9.59 Å². The van der Waals surface area contributed by atoms with Gasteiger partial charge in [-0.2, -0.15) is 0 Å². The summed E-state index contributed by atoms with van der Waals surface area (Å²) in [5.41, 5.74) is 16.6. The largest absolute Gasteiger partial charge is 0.443 e. The minimum atomic E-state index is -0.742. The second-order valence-electron chi connectivity index (χ2n) is 10.6. The van der Waals surface area contributed by atoms with Crippen molar-refractivity contribution in [3.8, 4) is 0 Å². The molecule has 15 heteroatoms. The van der Waals surface area contributed by atoms with Crippen molar-refractivity contribution in [1.29, 1.82) is 0 Å². The molecule has 0 aromatic carbocycles. The van der Waals surface area contributed by atoms with Crippen LogP contribution in [-0.2, 0) is 9.47 Å². The van der Waals surface area contributed by atoms with Crippen LogP contribution in [0.5, 0.6) is 0 Å². The molecular formula is C23H31N11O4. The van der Waals surface area contributed by atoms with Gasteiger partial charge < -0.3 is 9.47 Å². The number of amides is 2. The van der Waals surface area contributed by atoms with Crippen molar-refractivity contribution in [2.45, 2.75) is 64.8 Å². The molecule has 1 aromatic rings. The normalized spacial score (nSPS) is 19.2. The third kappa shape index (κ3) is 7.34. The fourth-order valence-corrected chi connectivity index (χ4v) is 3.67. The number of amidine groups is 2. The van der Waals surface area contributed by atoms with E-state index in [2.05, 4.69) is 35.0 Å². The Morgan fingerprint density at radius 2 is 1.26 bits per heavy atom. The molecule has 0 radical (unpaired) electrons. The quantitative estimate of drug-likeness (QED) is 0.300. The van der Waals surface area contributed by atoms with E-state index in [1.807, 2.05) is 0 Å². The molecule has 0 unspecified atom stereocenters. The van der Waals surface area contributed by atoms with Gasteiger partial charge in [0.2, 0.25) is 0 Å². The zero-order chi connectivity index (χ0) is 28.1. The Hall–Kier alpha value is -4.35. The number of azide groups is 2. The van der Waals surface area contributed by atoms with E-state index in [4.69, 9.17) is 20.5 Å². The molecule has 0 spiro atoms. The van der Waals surface area contributed by atoms with Crippen LogP contribution in [0.3, 0.4) is 0 Å². The first-order chi connectivity index (χ1) is 17.8. The summed E-state index contributed by atoms with van der Waals surface area (Å²) >= 11 is 0. The molecule has 1 aromatic heterocycles. The Bertz CT molecular complexity index is 1140. The van der Waals surface area contributed by atoms with E-state index in [1.54, 1.807) is 59.7 Å². The van der Waals surface area contributed by atoms with E-state index in [0.717, 1.165) is 0 Å². The zero-order valence-electron chi connectivity index (χ0n) is 22.3. The molecule has 0 N–H and O–H groups in total. The number of hydrogen-bond acceptors (Lipinski definition) is 9. The third-order valence-corrected chi connectivity index (χ3v) is 5.05. The van der Waals surface area contributed by atoms with Gasteiger partial charge in [0.15, 0.2) is 11.7 Å². The van der Waals surface area contributed by atoms with Crippen LogP contribution in [0.15, 0.2) is 38.4 Å². The predicted octanol–water partition coefficient (Wildman–Crippen LogP) is 4.43. The van der Waals surface area contributed by atoms with Crippen LogP contribution in [0.2, 0.25) is 0 Å². The Labute approximate surface area is 219 Å². The first kappa shape index (κ1) is 28.2. The summed E-state index contributed by atoms with van der Waals surface area (Å²) in [5.74, 6) is 0.486. The molecule has 0 fully saturated rings. The second-order valence-corrected chi connectivity index (χ2v) is 10.6. The van der Waals surface area contributed by atoms with E-state index >= 15 is 0 Å². The Balaban J connectivity index is 1.99. The molecule has 2 amide bonds. The van der Waals surface area contributed by atoms with E-state index < -0.39 is 35.5 Å². The summed E-state index contributed by atoms with van der Waals surface area (Å²) in [5, 5.41) is 7.17. The molecule has 3 heterocycles. The van der Waals surface area contributed by atoms with Crippen molar-refractivity contribution in [3.63, 3.8) is 0 Å². The number of ether oxygens (including phenoxy) is 2. The van der Waals surface area contributed by atoms with Gasteiger partial charge in [0.1, 0.15) is 22.6 Å². The van der Waals surface area contributed by atoms with Crippen LogP contribution in [-0.4, -0.2) is 88.1 Å². The molecule has 3 rings (SSSR count). The Kier molecular flexibility index (Phi) is 8.44. The summed E-state index contributed by atoms with van der Waals surface area (Å²) in [6, 6.07) is 4.08. The minimum Gasteiger partial charge on any atom is -0.443 e. The van der Waals surface area contributed by atoms with E-state index in [1.165, 1.54) is 9.80 Å². The number of rotatable bonds is 6. The van der Waals surface area contributed by atoms with Gasteiger partial charge in [-0.1, -0.05) is 16.3 Å². The first-order valence-electron chi connectivity index (χ1n) is 12.0. The molecular weight excluding hydrogens is 494 g/mol. The molecule has 2 aliphatic heterocycles. The zero-order valence-corrected chi connectivity index (χ0v) is 22.3. The summed E-state index contributed by atoms with van der Waals surface area (Å²) < 4.78 is 11.1. The highest BCUT2D eigenvalue weighted by Crippen LogP contribution is 2.22. The van der Waals surface area contributed by atoms with Gasteiger partial charge >= 0.3 is 12.2 Å². The summed E-state index contributed by atoms with van der Waals surface area (Å²) in [6.07, 6.45) is -1.23. The Morgan fingerprint density at radius 1 is 0.868 bits per heavy atom. The van der Waals surface area contributed by atoms with Crippen LogP contribution in [0, 0.1) is 0 Å². The van der Waals surface area contributed by atoms with Crippen molar-refractivity contribution in [3.05, 3.63) is 50.5 Å². The van der Waals surface area contributed by atoms with Gasteiger partial charge in [-0.15, -0.1) is 0 Å². The summed E-state index contributed by atoms with van der Waals surface area (Å²) in [6.45, 7) is 10.9. The van der Waals surface area contributed by atoms with E-state index in [-0.39, 0.29) is 37.9 Å². The molecule has 0 saturated heterocycles. The summed E-state index contributed by atoms with van der Waals surface area (Å²) in [4.78, 5) is 48.0. The lowest BCUT2D eigenvalue weighted by atomic mass is 10.2. The number of nitrogens with zero attached hydrogens (tertiary/aromatic N) is 11. The number of aromatic nitrogens is 1. The third-order valence-electron chi connectivity index (χ3n) is 5.05. The van der Waals surface area contributed by atoms with Crippen LogP contribution in [0.25, 0.3) is 20.9 Å². The molecule has 38 heavy (non-hydrogen) atoms. The van der Waals surface area contributed by atoms with Gasteiger partial charge in [-0.05, 0) is 64.7 Å². The number of hydrogen-bond donors (Lipinski definition) is 0. The maximum Gasteiger partial charge on any atom is 0.416 e. The van der Waals surface area contributed by atoms with Gasteiger partial charge in [0.05, 0.1) is 38.3 Å². The highest BCUT2D eigenvalue weighted by Gasteiger charge is 2.37. The molecule has 0 bridgehead atoms. The molecule has 15 nitrogen and oxygen atoms in total. The SMILES string of the molecule is CC(C)(C)OC(=O)N1C[C@H](CN=[N+]=[N-])N=C1c1cccc(C2=N[C@@H](CN=[N+]=[N-])CN2C(=O)OC(C)(C)C)n1. The van der Waals surface area contributed by atoms with Gasteiger partial charge in [-0.3, -0.25) is 19.8 Å². The van der Waals surface area contributed by atoms with Crippen LogP contribution >= 0.6 is 0 Å². The molecule has 202 valence electrons. The van der Waals surface area contributed by atoms with Gasteiger partial charge in [-0.25, -0.2) is 14.6 Å². The maximum absolute atomic E-state index is 13.0. The van der Waals surface area contributed by atoms with Crippen LogP contribution < -0.4 is 0 Å². The number of pyridine rings is 1. The van der Waals surface area contributed by atoms with E-state index in [0.29, 0.717) is 11.4 Å². The highest BCUT2D eigenvalue weighted by atomic mass is 16.6. The number of carbonyl (C=O) groups is 2. The summed E-state index contributed by atoms with van der Waals surface area (Å²) in [7, 11) is 0. The fourth-order valence-electron chi connectivity index (χ4n) is 3.67.